The highest BCUT2D eigenvalue weighted by Crippen LogP contribution is 2.26. The number of piperidine rings is 1. The van der Waals surface area contributed by atoms with Gasteiger partial charge in [-0.05, 0) is 25.0 Å². The zero-order valence-electron chi connectivity index (χ0n) is 10.7. The Hall–Kier alpha value is -0.600. The standard InChI is InChI=1S/C11H18N2O4S.ClH/c1-16-10-4-5-13(9(7-10)8-12)18(14,15)11-3-2-6-17-11;/h2-3,6,9-10H,4-5,7-8,12H2,1H3;1H. The summed E-state index contributed by atoms with van der Waals surface area (Å²) in [4.78, 5) is 0. The van der Waals surface area contributed by atoms with Gasteiger partial charge in [-0.25, -0.2) is 8.42 Å². The van der Waals surface area contributed by atoms with Crippen LogP contribution in [0, 0.1) is 0 Å². The van der Waals surface area contributed by atoms with Gasteiger partial charge in [-0.15, -0.1) is 12.4 Å². The molecule has 1 aromatic rings. The Labute approximate surface area is 119 Å². The maximum absolute atomic E-state index is 12.3. The van der Waals surface area contributed by atoms with Gasteiger partial charge in [-0.2, -0.15) is 4.31 Å². The molecule has 0 saturated carbocycles. The molecule has 1 aliphatic heterocycles. The predicted molar refractivity (Wildman–Crippen MR) is 72.7 cm³/mol. The van der Waals surface area contributed by atoms with Gasteiger partial charge in [0.05, 0.1) is 12.4 Å². The Morgan fingerprint density at radius 1 is 1.58 bits per heavy atom. The summed E-state index contributed by atoms with van der Waals surface area (Å²) in [7, 11) is -1.95. The zero-order chi connectivity index (χ0) is 13.2. The van der Waals surface area contributed by atoms with Crippen molar-refractivity contribution in [1.82, 2.24) is 4.31 Å². The van der Waals surface area contributed by atoms with Crippen LogP contribution in [0.15, 0.2) is 27.9 Å². The number of rotatable bonds is 4. The minimum Gasteiger partial charge on any atom is -0.452 e. The fourth-order valence-electron chi connectivity index (χ4n) is 2.26. The second kappa shape index (κ2) is 6.71. The second-order valence-electron chi connectivity index (χ2n) is 4.32. The van der Waals surface area contributed by atoms with Gasteiger partial charge in [0.15, 0.2) is 0 Å². The molecule has 0 radical (unpaired) electrons. The molecule has 1 aromatic heterocycles. The van der Waals surface area contributed by atoms with E-state index < -0.39 is 10.0 Å². The number of nitrogens with two attached hydrogens (primary N) is 1. The minimum absolute atomic E-state index is 0. The van der Waals surface area contributed by atoms with Crippen molar-refractivity contribution >= 4 is 22.4 Å². The highest BCUT2D eigenvalue weighted by Gasteiger charge is 2.37. The maximum Gasteiger partial charge on any atom is 0.276 e. The van der Waals surface area contributed by atoms with Crippen molar-refractivity contribution in [3.8, 4) is 0 Å². The van der Waals surface area contributed by atoms with Gasteiger partial charge in [0.25, 0.3) is 10.0 Å². The first kappa shape index (κ1) is 16.5. The van der Waals surface area contributed by atoms with Gasteiger partial charge in [0, 0.05) is 26.2 Å². The minimum atomic E-state index is -3.58. The van der Waals surface area contributed by atoms with Gasteiger partial charge in [-0.1, -0.05) is 0 Å². The average molecular weight is 311 g/mol. The highest BCUT2D eigenvalue weighted by molar-refractivity contribution is 7.89. The monoisotopic (exact) mass is 310 g/mol. The number of hydrogen-bond acceptors (Lipinski definition) is 5. The topological polar surface area (TPSA) is 85.8 Å². The molecule has 8 heteroatoms. The molecule has 2 N–H and O–H groups in total. The molecule has 110 valence electrons. The summed E-state index contributed by atoms with van der Waals surface area (Å²) in [6.45, 7) is 0.684. The number of ether oxygens (including phenoxy) is 1. The van der Waals surface area contributed by atoms with Gasteiger partial charge in [0.1, 0.15) is 0 Å². The molecule has 6 nitrogen and oxygen atoms in total. The molecular weight excluding hydrogens is 292 g/mol. The summed E-state index contributed by atoms with van der Waals surface area (Å²) in [5.41, 5.74) is 5.67. The number of furan rings is 1. The predicted octanol–water partition coefficient (Wildman–Crippen LogP) is 0.828. The molecule has 2 heterocycles. The Kier molecular flexibility index (Phi) is 5.82. The van der Waals surface area contributed by atoms with Crippen LogP contribution in [-0.2, 0) is 14.8 Å². The molecule has 1 fully saturated rings. The highest BCUT2D eigenvalue weighted by atomic mass is 35.5. The SMILES string of the molecule is COC1CCN(S(=O)(=O)c2ccco2)C(CN)C1.Cl. The molecule has 2 atom stereocenters. The van der Waals surface area contributed by atoms with Gasteiger partial charge in [-0.3, -0.25) is 0 Å². The number of sulfonamides is 1. The van der Waals surface area contributed by atoms with Crippen LogP contribution in [0.5, 0.6) is 0 Å². The van der Waals surface area contributed by atoms with Crippen molar-refractivity contribution < 1.29 is 17.6 Å². The molecule has 19 heavy (non-hydrogen) atoms. The molecule has 2 rings (SSSR count). The fraction of sp³-hybridized carbons (Fsp3) is 0.636. The molecule has 1 aliphatic rings. The third kappa shape index (κ3) is 3.29. The molecule has 0 aromatic carbocycles. The largest absolute Gasteiger partial charge is 0.452 e. The smallest absolute Gasteiger partial charge is 0.276 e. The molecule has 0 amide bonds. The summed E-state index contributed by atoms with van der Waals surface area (Å²) in [5.74, 6) is 0. The lowest BCUT2D eigenvalue weighted by Gasteiger charge is -2.36. The molecule has 2 unspecified atom stereocenters. The summed E-state index contributed by atoms with van der Waals surface area (Å²) in [5, 5.41) is -0.0307. The average Bonchev–Trinajstić information content (AvgIpc) is 2.92. The van der Waals surface area contributed by atoms with Crippen LogP contribution < -0.4 is 5.73 Å². The summed E-state index contributed by atoms with van der Waals surface area (Å²) in [6, 6.07) is 2.77. The van der Waals surface area contributed by atoms with Gasteiger partial charge < -0.3 is 14.9 Å². The Balaban J connectivity index is 0.00000180. The molecular formula is C11H19ClN2O4S. The molecule has 1 saturated heterocycles. The Bertz CT molecular complexity index is 477. The summed E-state index contributed by atoms with van der Waals surface area (Å²) < 4.78 is 36.4. The van der Waals surface area contributed by atoms with Crippen molar-refractivity contribution in [3.05, 3.63) is 18.4 Å². The lowest BCUT2D eigenvalue weighted by molar-refractivity contribution is 0.0398. The van der Waals surface area contributed by atoms with E-state index in [4.69, 9.17) is 14.9 Å². The van der Waals surface area contributed by atoms with E-state index in [0.29, 0.717) is 19.4 Å². The van der Waals surface area contributed by atoms with Gasteiger partial charge >= 0.3 is 0 Å². The van der Waals surface area contributed by atoms with E-state index >= 15 is 0 Å². The van der Waals surface area contributed by atoms with Crippen LogP contribution in [0.25, 0.3) is 0 Å². The third-order valence-corrected chi connectivity index (χ3v) is 5.12. The lowest BCUT2D eigenvalue weighted by atomic mass is 10.0. The second-order valence-corrected chi connectivity index (χ2v) is 6.14. The van der Waals surface area contributed by atoms with Crippen LogP contribution in [0.4, 0.5) is 0 Å². The fourth-order valence-corrected chi connectivity index (χ4v) is 3.83. The van der Waals surface area contributed by atoms with E-state index in [0.717, 1.165) is 0 Å². The first-order valence-electron chi connectivity index (χ1n) is 5.87. The van der Waals surface area contributed by atoms with E-state index in [2.05, 4.69) is 0 Å². The first-order chi connectivity index (χ1) is 8.59. The molecule has 0 spiro atoms. The van der Waals surface area contributed by atoms with Crippen LogP contribution in [0.2, 0.25) is 0 Å². The zero-order valence-corrected chi connectivity index (χ0v) is 12.3. The normalized spacial score (nSPS) is 24.9. The van der Waals surface area contributed by atoms with Crippen molar-refractivity contribution in [3.63, 3.8) is 0 Å². The lowest BCUT2D eigenvalue weighted by Crippen LogP contribution is -2.50. The van der Waals surface area contributed by atoms with Crippen molar-refractivity contribution in [2.45, 2.75) is 30.1 Å². The Morgan fingerprint density at radius 3 is 2.84 bits per heavy atom. The maximum atomic E-state index is 12.3. The van der Waals surface area contributed by atoms with E-state index in [9.17, 15) is 8.42 Å². The number of hydrogen-bond donors (Lipinski definition) is 1. The summed E-state index contributed by atoms with van der Waals surface area (Å²) in [6.07, 6.45) is 2.72. The quantitative estimate of drug-likeness (QED) is 0.890. The van der Waals surface area contributed by atoms with Crippen molar-refractivity contribution in [2.75, 3.05) is 20.2 Å². The van der Waals surface area contributed by atoms with E-state index in [-0.39, 0.29) is 36.2 Å². The van der Waals surface area contributed by atoms with E-state index in [1.165, 1.54) is 16.6 Å². The van der Waals surface area contributed by atoms with Crippen molar-refractivity contribution in [1.29, 1.82) is 0 Å². The molecule has 0 aliphatic carbocycles. The molecule has 0 bridgehead atoms. The van der Waals surface area contributed by atoms with Crippen LogP contribution in [0.1, 0.15) is 12.8 Å². The van der Waals surface area contributed by atoms with E-state index in [1.54, 1.807) is 13.2 Å². The Morgan fingerprint density at radius 2 is 2.32 bits per heavy atom. The number of methoxy groups -OCH3 is 1. The third-order valence-electron chi connectivity index (χ3n) is 3.28. The summed E-state index contributed by atoms with van der Waals surface area (Å²) >= 11 is 0. The van der Waals surface area contributed by atoms with Crippen LogP contribution in [0.3, 0.4) is 0 Å². The van der Waals surface area contributed by atoms with Crippen LogP contribution in [-0.4, -0.2) is 45.1 Å². The number of nitrogens with zero attached hydrogens (tertiary/aromatic N) is 1. The number of halogens is 1. The van der Waals surface area contributed by atoms with Crippen molar-refractivity contribution in [2.24, 2.45) is 5.73 Å². The van der Waals surface area contributed by atoms with Gasteiger partial charge in [0.2, 0.25) is 5.09 Å². The first-order valence-corrected chi connectivity index (χ1v) is 7.31. The van der Waals surface area contributed by atoms with E-state index in [1.807, 2.05) is 0 Å². The van der Waals surface area contributed by atoms with Crippen LogP contribution >= 0.6 is 12.4 Å².